The number of hydrogen-bond donors (Lipinski definition) is 3. The van der Waals surface area contributed by atoms with E-state index in [9.17, 15) is 9.59 Å². The molecular formula is C11H15ClN4O2. The summed E-state index contributed by atoms with van der Waals surface area (Å²) < 4.78 is 0. The Balaban J connectivity index is 3.21. The molecule has 1 aromatic carbocycles. The van der Waals surface area contributed by atoms with Crippen LogP contribution in [0.5, 0.6) is 0 Å². The fourth-order valence-electron chi connectivity index (χ4n) is 1.57. The Labute approximate surface area is 110 Å². The van der Waals surface area contributed by atoms with E-state index in [2.05, 4.69) is 5.32 Å². The lowest BCUT2D eigenvalue weighted by Gasteiger charge is -2.22. The van der Waals surface area contributed by atoms with Gasteiger partial charge in [-0.1, -0.05) is 11.6 Å². The van der Waals surface area contributed by atoms with Crippen molar-refractivity contribution in [1.29, 1.82) is 0 Å². The largest absolute Gasteiger partial charge is 0.399 e. The molecule has 0 spiro atoms. The van der Waals surface area contributed by atoms with Crippen LogP contribution in [0.4, 0.5) is 11.4 Å². The lowest BCUT2D eigenvalue weighted by molar-refractivity contribution is -0.119. The first kappa shape index (κ1) is 14.1. The van der Waals surface area contributed by atoms with Crippen molar-refractivity contribution in [3.05, 3.63) is 22.7 Å². The average molecular weight is 271 g/mol. The van der Waals surface area contributed by atoms with Gasteiger partial charge in [-0.3, -0.25) is 9.59 Å². The van der Waals surface area contributed by atoms with Crippen molar-refractivity contribution in [3.63, 3.8) is 0 Å². The number of primary amides is 1. The summed E-state index contributed by atoms with van der Waals surface area (Å²) in [7, 11) is 3.16. The van der Waals surface area contributed by atoms with Crippen LogP contribution in [0, 0.1) is 0 Å². The molecule has 1 aromatic rings. The van der Waals surface area contributed by atoms with Gasteiger partial charge < -0.3 is 21.7 Å². The van der Waals surface area contributed by atoms with Gasteiger partial charge in [0, 0.05) is 19.8 Å². The van der Waals surface area contributed by atoms with Crippen LogP contribution in [0.2, 0.25) is 5.02 Å². The number of carbonyl (C=O) groups is 2. The summed E-state index contributed by atoms with van der Waals surface area (Å²) in [5, 5.41) is 2.75. The van der Waals surface area contributed by atoms with Gasteiger partial charge in [-0.25, -0.2) is 0 Å². The number of amides is 2. The first-order valence-electron chi connectivity index (χ1n) is 5.17. The van der Waals surface area contributed by atoms with Gasteiger partial charge in [0.1, 0.15) is 0 Å². The van der Waals surface area contributed by atoms with Gasteiger partial charge in [0.25, 0.3) is 5.91 Å². The first-order chi connectivity index (χ1) is 8.36. The van der Waals surface area contributed by atoms with E-state index in [0.29, 0.717) is 11.4 Å². The lowest BCUT2D eigenvalue weighted by atomic mass is 10.1. The van der Waals surface area contributed by atoms with E-state index in [0.717, 1.165) is 0 Å². The molecule has 0 unspecified atom stereocenters. The highest BCUT2D eigenvalue weighted by Gasteiger charge is 2.18. The summed E-state index contributed by atoms with van der Waals surface area (Å²) in [6.07, 6.45) is 0. The highest BCUT2D eigenvalue weighted by molar-refractivity contribution is 6.34. The van der Waals surface area contributed by atoms with Gasteiger partial charge >= 0.3 is 0 Å². The molecule has 0 radical (unpaired) electrons. The highest BCUT2D eigenvalue weighted by atomic mass is 35.5. The molecule has 0 saturated heterocycles. The number of nitrogen functional groups attached to an aromatic ring is 1. The van der Waals surface area contributed by atoms with Crippen LogP contribution in [0.15, 0.2) is 12.1 Å². The van der Waals surface area contributed by atoms with Crippen LogP contribution in [-0.4, -0.2) is 32.5 Å². The molecular weight excluding hydrogens is 256 g/mol. The Hall–Kier alpha value is -1.95. The fourth-order valence-corrected chi connectivity index (χ4v) is 1.94. The monoisotopic (exact) mass is 270 g/mol. The zero-order valence-electron chi connectivity index (χ0n) is 10.2. The summed E-state index contributed by atoms with van der Waals surface area (Å²) in [5.74, 6) is -0.858. The van der Waals surface area contributed by atoms with Crippen LogP contribution in [0.3, 0.4) is 0 Å². The maximum Gasteiger partial charge on any atom is 0.250 e. The van der Waals surface area contributed by atoms with Crippen molar-refractivity contribution in [3.8, 4) is 0 Å². The number of benzene rings is 1. The predicted octanol–water partition coefficient (Wildman–Crippen LogP) is 0.203. The molecule has 7 heteroatoms. The second-order valence-corrected chi connectivity index (χ2v) is 4.20. The summed E-state index contributed by atoms with van der Waals surface area (Å²) in [5.41, 5.74) is 11.8. The van der Waals surface area contributed by atoms with E-state index in [1.54, 1.807) is 11.9 Å². The van der Waals surface area contributed by atoms with E-state index in [-0.39, 0.29) is 23.0 Å². The Kier molecular flexibility index (Phi) is 4.38. The third kappa shape index (κ3) is 3.04. The third-order valence-corrected chi connectivity index (χ3v) is 2.68. The predicted molar refractivity (Wildman–Crippen MR) is 71.7 cm³/mol. The molecule has 0 atom stereocenters. The van der Waals surface area contributed by atoms with E-state index < -0.39 is 5.91 Å². The molecule has 98 valence electrons. The number of nitrogens with two attached hydrogens (primary N) is 2. The third-order valence-electron chi connectivity index (χ3n) is 2.39. The summed E-state index contributed by atoms with van der Waals surface area (Å²) in [4.78, 5) is 24.2. The van der Waals surface area contributed by atoms with E-state index >= 15 is 0 Å². The highest BCUT2D eigenvalue weighted by Crippen LogP contribution is 2.31. The first-order valence-corrected chi connectivity index (χ1v) is 5.55. The Morgan fingerprint density at radius 3 is 2.56 bits per heavy atom. The lowest BCUT2D eigenvalue weighted by Crippen LogP contribution is -2.34. The number of likely N-dealkylation sites (N-methyl/N-ethyl adjacent to an activating group) is 2. The van der Waals surface area contributed by atoms with Gasteiger partial charge in [0.15, 0.2) is 0 Å². The second kappa shape index (κ2) is 5.59. The van der Waals surface area contributed by atoms with Crippen molar-refractivity contribution in [1.82, 2.24) is 5.32 Å². The molecule has 0 bridgehead atoms. The molecule has 0 saturated carbocycles. The normalized spacial score (nSPS) is 9.94. The average Bonchev–Trinajstić information content (AvgIpc) is 2.27. The number of halogens is 1. The minimum atomic E-state index is -0.650. The van der Waals surface area contributed by atoms with Crippen LogP contribution in [0.1, 0.15) is 10.4 Å². The maximum absolute atomic E-state index is 11.4. The van der Waals surface area contributed by atoms with Gasteiger partial charge in [-0.15, -0.1) is 0 Å². The van der Waals surface area contributed by atoms with Crippen molar-refractivity contribution in [2.24, 2.45) is 5.73 Å². The van der Waals surface area contributed by atoms with Gasteiger partial charge in [-0.2, -0.15) is 0 Å². The Morgan fingerprint density at radius 1 is 1.44 bits per heavy atom. The quantitative estimate of drug-likeness (QED) is 0.681. The molecule has 18 heavy (non-hydrogen) atoms. The summed E-state index contributed by atoms with van der Waals surface area (Å²) in [6, 6.07) is 2.94. The summed E-state index contributed by atoms with van der Waals surface area (Å²) in [6.45, 7) is 0.0560. The Bertz CT molecular complexity index is 490. The molecule has 6 nitrogen and oxygen atoms in total. The van der Waals surface area contributed by atoms with Gasteiger partial charge in [0.2, 0.25) is 5.91 Å². The smallest absolute Gasteiger partial charge is 0.250 e. The van der Waals surface area contributed by atoms with Crippen molar-refractivity contribution in [2.45, 2.75) is 0 Å². The Morgan fingerprint density at radius 2 is 2.06 bits per heavy atom. The van der Waals surface area contributed by atoms with Gasteiger partial charge in [-0.05, 0) is 12.1 Å². The van der Waals surface area contributed by atoms with Crippen LogP contribution < -0.4 is 21.7 Å². The molecule has 5 N–H and O–H groups in total. The number of nitrogens with zero attached hydrogens (tertiary/aromatic N) is 1. The maximum atomic E-state index is 11.4. The molecule has 0 aliphatic rings. The number of carbonyl (C=O) groups excluding carboxylic acids is 2. The number of hydrogen-bond acceptors (Lipinski definition) is 4. The number of nitrogens with one attached hydrogen (secondary N) is 1. The topological polar surface area (TPSA) is 101 Å². The van der Waals surface area contributed by atoms with Crippen molar-refractivity contribution >= 4 is 34.8 Å². The minimum Gasteiger partial charge on any atom is -0.399 e. The SMILES string of the molecule is CNC(=O)CN(C)c1c(Cl)cc(N)cc1C(N)=O. The van der Waals surface area contributed by atoms with E-state index in [1.165, 1.54) is 19.2 Å². The fraction of sp³-hybridized carbons (Fsp3) is 0.273. The van der Waals surface area contributed by atoms with E-state index in [1.807, 2.05) is 0 Å². The molecule has 1 rings (SSSR count). The number of rotatable bonds is 4. The van der Waals surface area contributed by atoms with Crippen LogP contribution >= 0.6 is 11.6 Å². The minimum absolute atomic E-state index is 0.0560. The molecule has 0 aromatic heterocycles. The van der Waals surface area contributed by atoms with Crippen LogP contribution in [-0.2, 0) is 4.79 Å². The van der Waals surface area contributed by atoms with Crippen LogP contribution in [0.25, 0.3) is 0 Å². The zero-order chi connectivity index (χ0) is 13.9. The molecule has 0 heterocycles. The molecule has 0 aliphatic heterocycles. The summed E-state index contributed by atoms with van der Waals surface area (Å²) >= 11 is 6.04. The van der Waals surface area contributed by atoms with Crippen molar-refractivity contribution in [2.75, 3.05) is 31.3 Å². The van der Waals surface area contributed by atoms with Gasteiger partial charge in [0.05, 0.1) is 22.8 Å². The van der Waals surface area contributed by atoms with E-state index in [4.69, 9.17) is 23.1 Å². The molecule has 0 fully saturated rings. The standard InChI is InChI=1S/C11H15ClN4O2/c1-15-9(17)5-16(2)10-7(11(14)18)3-6(13)4-8(10)12/h3-4H,5,13H2,1-2H3,(H2,14,18)(H,15,17). The molecule has 2 amide bonds. The molecule has 0 aliphatic carbocycles. The number of anilines is 2. The van der Waals surface area contributed by atoms with Crippen molar-refractivity contribution < 1.29 is 9.59 Å². The zero-order valence-corrected chi connectivity index (χ0v) is 10.9. The second-order valence-electron chi connectivity index (χ2n) is 3.79.